The molecule has 32 heavy (non-hydrogen) atoms. The van der Waals surface area contributed by atoms with E-state index in [1.807, 2.05) is 5.51 Å². The quantitative estimate of drug-likeness (QED) is 0.420. The lowest BCUT2D eigenvalue weighted by Gasteiger charge is -2.05. The van der Waals surface area contributed by atoms with Crippen LogP contribution in [0.3, 0.4) is 0 Å². The molecule has 158 valence electrons. The molecule has 4 aromatic heterocycles. The summed E-state index contributed by atoms with van der Waals surface area (Å²) in [4.78, 5) is 30.1. The van der Waals surface area contributed by atoms with Crippen LogP contribution >= 0.6 is 11.3 Å². The molecule has 0 radical (unpaired) electrons. The highest BCUT2D eigenvalue weighted by Crippen LogP contribution is 2.62. The van der Waals surface area contributed by atoms with E-state index in [-0.39, 0.29) is 18.0 Å². The maximum Gasteiger partial charge on any atom is 0.280 e. The molecule has 1 aromatic carbocycles. The number of benzene rings is 1. The van der Waals surface area contributed by atoms with Crippen LogP contribution in [0.15, 0.2) is 51.8 Å². The van der Waals surface area contributed by atoms with Crippen LogP contribution in [-0.4, -0.2) is 34.2 Å². The minimum Gasteiger partial charge on any atom is -0.337 e. The Morgan fingerprint density at radius 2 is 2.12 bits per heavy atom. The lowest BCUT2D eigenvalue weighted by Crippen LogP contribution is -2.22. The molecular weight excluding hydrogens is 426 g/mol. The molecule has 2 aliphatic carbocycles. The standard InChI is InChI=1S/C22H17N7O2S/c1-28-8-23-21-19(28)22(30)29(9-24-21)7-17-26-20(27-31-17)18-13-4-12(5-14(13)18)11-2-3-16-15(6-11)25-10-32-16/h2-4,6,8-10,13-14,18H,5,7H2,1H3. The van der Waals surface area contributed by atoms with Crippen molar-refractivity contribution in [3.63, 3.8) is 0 Å². The van der Waals surface area contributed by atoms with Gasteiger partial charge in [-0.2, -0.15) is 4.98 Å². The van der Waals surface area contributed by atoms with Crippen molar-refractivity contribution in [1.82, 2.24) is 34.2 Å². The first-order valence-corrected chi connectivity index (χ1v) is 11.3. The van der Waals surface area contributed by atoms with Gasteiger partial charge in [-0.3, -0.25) is 9.36 Å². The fraction of sp³-hybridized carbons (Fsp3) is 0.273. The van der Waals surface area contributed by atoms with Crippen LogP contribution in [0.4, 0.5) is 0 Å². The van der Waals surface area contributed by atoms with Crippen molar-refractivity contribution in [2.75, 3.05) is 0 Å². The Hall–Kier alpha value is -3.66. The normalized spacial score (nSPS) is 21.9. The Bertz CT molecular complexity index is 1610. The van der Waals surface area contributed by atoms with Crippen molar-refractivity contribution in [2.24, 2.45) is 18.9 Å². The summed E-state index contributed by atoms with van der Waals surface area (Å²) in [6.07, 6.45) is 6.41. The first-order valence-electron chi connectivity index (χ1n) is 10.4. The fourth-order valence-corrected chi connectivity index (χ4v) is 5.54. The third kappa shape index (κ3) is 2.62. The minimum absolute atomic E-state index is 0.178. The molecular formula is C22H17N7O2S. The second-order valence-corrected chi connectivity index (χ2v) is 9.34. The van der Waals surface area contributed by atoms with Crippen LogP contribution in [0.1, 0.15) is 29.6 Å². The van der Waals surface area contributed by atoms with Crippen molar-refractivity contribution >= 4 is 38.3 Å². The number of hydrogen-bond acceptors (Lipinski definition) is 8. The average Bonchev–Trinajstić information content (AvgIpc) is 3.38. The number of nitrogens with zero attached hydrogens (tertiary/aromatic N) is 7. The molecule has 7 rings (SSSR count). The molecule has 3 atom stereocenters. The zero-order valence-electron chi connectivity index (χ0n) is 17.0. The number of imidazole rings is 1. The van der Waals surface area contributed by atoms with Gasteiger partial charge in [0.1, 0.15) is 12.9 Å². The molecule has 1 fully saturated rings. The molecule has 4 heterocycles. The summed E-state index contributed by atoms with van der Waals surface area (Å²) in [5.74, 6) is 2.37. The average molecular weight is 443 g/mol. The second-order valence-electron chi connectivity index (χ2n) is 8.45. The van der Waals surface area contributed by atoms with Crippen LogP contribution < -0.4 is 5.56 Å². The smallest absolute Gasteiger partial charge is 0.280 e. The van der Waals surface area contributed by atoms with Crippen LogP contribution in [-0.2, 0) is 13.6 Å². The maximum atomic E-state index is 12.7. The first kappa shape index (κ1) is 18.0. The summed E-state index contributed by atoms with van der Waals surface area (Å²) in [5.41, 5.74) is 6.28. The van der Waals surface area contributed by atoms with Gasteiger partial charge in [-0.1, -0.05) is 17.3 Å². The highest BCUT2D eigenvalue weighted by Gasteiger charge is 2.55. The molecule has 0 aliphatic heterocycles. The lowest BCUT2D eigenvalue weighted by molar-refractivity contribution is 0.364. The number of thiazole rings is 1. The molecule has 2 aliphatic rings. The number of aromatic nitrogens is 7. The van der Waals surface area contributed by atoms with Gasteiger partial charge in [0.05, 0.1) is 22.1 Å². The molecule has 0 N–H and O–H groups in total. The molecule has 0 bridgehead atoms. The van der Waals surface area contributed by atoms with Crippen molar-refractivity contribution in [3.05, 3.63) is 70.1 Å². The highest BCUT2D eigenvalue weighted by molar-refractivity contribution is 7.16. The van der Waals surface area contributed by atoms with Crippen LogP contribution in [0.2, 0.25) is 0 Å². The van der Waals surface area contributed by atoms with Crippen LogP contribution in [0.25, 0.3) is 27.0 Å². The van der Waals surface area contributed by atoms with E-state index in [9.17, 15) is 4.79 Å². The number of hydrogen-bond donors (Lipinski definition) is 0. The number of allylic oxidation sites excluding steroid dienone is 2. The van der Waals surface area contributed by atoms with E-state index < -0.39 is 0 Å². The third-order valence-corrected chi connectivity index (χ3v) is 7.38. The first-order chi connectivity index (χ1) is 15.7. The number of aryl methyl sites for hydroxylation is 1. The summed E-state index contributed by atoms with van der Waals surface area (Å²) >= 11 is 1.66. The third-order valence-electron chi connectivity index (χ3n) is 6.57. The summed E-state index contributed by atoms with van der Waals surface area (Å²) in [7, 11) is 1.77. The van der Waals surface area contributed by atoms with Crippen molar-refractivity contribution in [3.8, 4) is 0 Å². The van der Waals surface area contributed by atoms with E-state index in [0.717, 1.165) is 17.8 Å². The zero-order chi connectivity index (χ0) is 21.4. The summed E-state index contributed by atoms with van der Waals surface area (Å²) < 4.78 is 9.82. The number of fused-ring (bicyclic) bond motifs is 3. The van der Waals surface area contributed by atoms with E-state index in [2.05, 4.69) is 49.4 Å². The van der Waals surface area contributed by atoms with Gasteiger partial charge in [0.25, 0.3) is 5.56 Å². The Labute approximate surface area is 185 Å². The van der Waals surface area contributed by atoms with Gasteiger partial charge in [-0.15, -0.1) is 11.3 Å². The van der Waals surface area contributed by atoms with Gasteiger partial charge in [-0.25, -0.2) is 15.0 Å². The SMILES string of the molecule is Cn1cnc2ncn(Cc3nc(C4C5C=C(c6ccc7scnc7c6)CC54)no3)c(=O)c21. The molecule has 10 heteroatoms. The number of rotatable bonds is 4. The lowest BCUT2D eigenvalue weighted by atomic mass is 10.0. The predicted molar refractivity (Wildman–Crippen MR) is 118 cm³/mol. The van der Waals surface area contributed by atoms with Gasteiger partial charge in [-0.05, 0) is 41.5 Å². The molecule has 3 unspecified atom stereocenters. The van der Waals surface area contributed by atoms with Crippen molar-refractivity contribution in [1.29, 1.82) is 0 Å². The summed E-state index contributed by atoms with van der Waals surface area (Å²) in [5, 5.41) is 4.21. The van der Waals surface area contributed by atoms with E-state index >= 15 is 0 Å². The van der Waals surface area contributed by atoms with Crippen molar-refractivity contribution in [2.45, 2.75) is 18.9 Å². The topological polar surface area (TPSA) is 105 Å². The van der Waals surface area contributed by atoms with Gasteiger partial charge in [0.15, 0.2) is 17.0 Å². The largest absolute Gasteiger partial charge is 0.337 e. The molecule has 9 nitrogen and oxygen atoms in total. The molecule has 0 amide bonds. The molecule has 1 saturated carbocycles. The molecule has 0 spiro atoms. The van der Waals surface area contributed by atoms with Gasteiger partial charge < -0.3 is 9.09 Å². The Morgan fingerprint density at radius 1 is 1.22 bits per heavy atom. The fourth-order valence-electron chi connectivity index (χ4n) is 4.88. The Morgan fingerprint density at radius 3 is 3.00 bits per heavy atom. The van der Waals surface area contributed by atoms with Crippen LogP contribution in [0.5, 0.6) is 0 Å². The minimum atomic E-state index is -0.178. The van der Waals surface area contributed by atoms with Crippen LogP contribution in [0, 0.1) is 11.8 Å². The van der Waals surface area contributed by atoms with Gasteiger partial charge >= 0.3 is 0 Å². The van der Waals surface area contributed by atoms with E-state index in [1.165, 1.54) is 26.7 Å². The second kappa shape index (κ2) is 6.42. The Kier molecular flexibility index (Phi) is 3.61. The summed E-state index contributed by atoms with van der Waals surface area (Å²) in [6, 6.07) is 6.51. The predicted octanol–water partition coefficient (Wildman–Crippen LogP) is 2.99. The summed E-state index contributed by atoms with van der Waals surface area (Å²) in [6.45, 7) is 0.191. The Balaban J connectivity index is 1.11. The highest BCUT2D eigenvalue weighted by atomic mass is 32.1. The van der Waals surface area contributed by atoms with Crippen molar-refractivity contribution < 1.29 is 4.52 Å². The molecule has 5 aromatic rings. The monoisotopic (exact) mass is 443 g/mol. The van der Waals surface area contributed by atoms with E-state index in [1.54, 1.807) is 29.3 Å². The van der Waals surface area contributed by atoms with Gasteiger partial charge in [0, 0.05) is 13.0 Å². The van der Waals surface area contributed by atoms with E-state index in [4.69, 9.17) is 4.52 Å². The molecule has 0 saturated heterocycles. The maximum absolute atomic E-state index is 12.7. The van der Waals surface area contributed by atoms with E-state index in [0.29, 0.717) is 28.9 Å². The zero-order valence-corrected chi connectivity index (χ0v) is 17.9. The van der Waals surface area contributed by atoms with Gasteiger partial charge in [0.2, 0.25) is 5.89 Å².